The van der Waals surface area contributed by atoms with Crippen molar-refractivity contribution in [2.24, 2.45) is 0 Å². The molecule has 0 radical (unpaired) electrons. The molecule has 7 heteroatoms. The number of benzene rings is 2. The lowest BCUT2D eigenvalue weighted by Crippen LogP contribution is -2.46. The number of hydrogen-bond donors (Lipinski definition) is 2. The number of carbonyl (C=O) groups is 1. The van der Waals surface area contributed by atoms with E-state index in [2.05, 4.69) is 20.2 Å². The minimum absolute atomic E-state index is 0.0286. The summed E-state index contributed by atoms with van der Waals surface area (Å²) < 4.78 is 1.88. The van der Waals surface area contributed by atoms with Crippen molar-refractivity contribution in [3.8, 4) is 0 Å². The van der Waals surface area contributed by atoms with Crippen LogP contribution in [-0.4, -0.2) is 44.5 Å². The molecule has 1 aliphatic heterocycles. The number of carbonyl (C=O) groups excluding carboxylic acids is 1. The van der Waals surface area contributed by atoms with Gasteiger partial charge >= 0.3 is 5.69 Å². The molecule has 31 heavy (non-hydrogen) atoms. The lowest BCUT2D eigenvalue weighted by atomic mass is 10.0. The van der Waals surface area contributed by atoms with E-state index in [1.54, 1.807) is 6.20 Å². The Morgan fingerprint density at radius 2 is 1.90 bits per heavy atom. The molecule has 1 unspecified atom stereocenters. The van der Waals surface area contributed by atoms with Crippen LogP contribution in [0, 0.1) is 0 Å². The summed E-state index contributed by atoms with van der Waals surface area (Å²) in [4.78, 5) is 34.9. The average Bonchev–Trinajstić information content (AvgIpc) is 3.14. The number of para-hydroxylation sites is 2. The van der Waals surface area contributed by atoms with E-state index in [4.69, 9.17) is 0 Å². The van der Waals surface area contributed by atoms with Gasteiger partial charge in [0.2, 0.25) is 5.91 Å². The lowest BCUT2D eigenvalue weighted by Gasteiger charge is -2.35. The number of fused-ring (bicyclic) bond motifs is 2. The molecule has 1 aliphatic rings. The van der Waals surface area contributed by atoms with Crippen LogP contribution in [0.15, 0.2) is 65.6 Å². The zero-order chi connectivity index (χ0) is 21.4. The van der Waals surface area contributed by atoms with Gasteiger partial charge < -0.3 is 10.3 Å². The summed E-state index contributed by atoms with van der Waals surface area (Å²) in [6.45, 7) is 3.47. The minimum atomic E-state index is -0.257. The van der Waals surface area contributed by atoms with Gasteiger partial charge in [0.1, 0.15) is 0 Å². The van der Waals surface area contributed by atoms with Crippen LogP contribution in [0.4, 0.5) is 5.69 Å². The molecule has 0 spiro atoms. The molecule has 0 bridgehead atoms. The van der Waals surface area contributed by atoms with Gasteiger partial charge in [-0.2, -0.15) is 0 Å². The maximum absolute atomic E-state index is 13.0. The van der Waals surface area contributed by atoms with Gasteiger partial charge in [-0.1, -0.05) is 18.2 Å². The van der Waals surface area contributed by atoms with Gasteiger partial charge in [0.15, 0.2) is 0 Å². The maximum atomic E-state index is 13.0. The number of likely N-dealkylation sites (tertiary alicyclic amines) is 1. The van der Waals surface area contributed by atoms with E-state index in [1.165, 1.54) is 0 Å². The largest absolute Gasteiger partial charge is 0.326 e. The van der Waals surface area contributed by atoms with Crippen LogP contribution in [0.5, 0.6) is 0 Å². The first-order valence-electron chi connectivity index (χ1n) is 10.7. The monoisotopic (exact) mass is 415 g/mol. The first-order chi connectivity index (χ1) is 15.1. The number of nitrogens with one attached hydrogen (secondary N) is 2. The summed E-state index contributed by atoms with van der Waals surface area (Å²) in [6, 6.07) is 17.3. The predicted octanol–water partition coefficient (Wildman–Crippen LogP) is 3.54. The number of amides is 1. The summed E-state index contributed by atoms with van der Waals surface area (Å²) in [5.74, 6) is -0.0286. The van der Waals surface area contributed by atoms with Crippen molar-refractivity contribution in [1.82, 2.24) is 19.4 Å². The van der Waals surface area contributed by atoms with Gasteiger partial charge in [0.25, 0.3) is 0 Å². The number of aromatic amines is 1. The smallest absolute Gasteiger partial charge is 0.324 e. The van der Waals surface area contributed by atoms with Crippen LogP contribution < -0.4 is 11.0 Å². The molecule has 4 aromatic rings. The second-order valence-electron chi connectivity index (χ2n) is 8.13. The number of anilines is 1. The number of imidazole rings is 1. The van der Waals surface area contributed by atoms with Crippen LogP contribution in [-0.2, 0) is 4.79 Å². The summed E-state index contributed by atoms with van der Waals surface area (Å²) in [5.41, 5.74) is 3.39. The Balaban J connectivity index is 1.27. The molecule has 1 saturated heterocycles. The van der Waals surface area contributed by atoms with Crippen molar-refractivity contribution in [2.45, 2.75) is 31.8 Å². The third kappa shape index (κ3) is 3.61. The average molecular weight is 415 g/mol. The molecule has 1 fully saturated rings. The van der Waals surface area contributed by atoms with Crippen molar-refractivity contribution in [1.29, 1.82) is 0 Å². The molecule has 0 saturated carbocycles. The predicted molar refractivity (Wildman–Crippen MR) is 122 cm³/mol. The summed E-state index contributed by atoms with van der Waals surface area (Å²) in [6.07, 6.45) is 3.41. The van der Waals surface area contributed by atoms with Crippen LogP contribution in [0.1, 0.15) is 25.8 Å². The number of piperidine rings is 1. The van der Waals surface area contributed by atoms with Crippen molar-refractivity contribution >= 4 is 33.5 Å². The van der Waals surface area contributed by atoms with Gasteiger partial charge in [-0.3, -0.25) is 19.2 Å². The molecule has 2 aromatic carbocycles. The molecule has 5 rings (SSSR count). The molecule has 1 atom stereocenters. The first-order valence-corrected chi connectivity index (χ1v) is 10.7. The van der Waals surface area contributed by atoms with E-state index in [0.29, 0.717) is 0 Å². The number of pyridine rings is 1. The highest BCUT2D eigenvalue weighted by Crippen LogP contribution is 2.27. The second-order valence-corrected chi connectivity index (χ2v) is 8.13. The number of rotatable bonds is 4. The SMILES string of the molecule is CC(C(=O)Nc1cccc2ncccc12)N1CCC(n2c(=O)[nH]c3ccccc32)CC1. The van der Waals surface area contributed by atoms with Crippen LogP contribution >= 0.6 is 0 Å². The molecule has 3 heterocycles. The van der Waals surface area contributed by atoms with Crippen molar-refractivity contribution < 1.29 is 4.79 Å². The van der Waals surface area contributed by atoms with E-state index in [9.17, 15) is 9.59 Å². The summed E-state index contributed by atoms with van der Waals surface area (Å²) in [5, 5.41) is 4.01. The fourth-order valence-corrected chi connectivity index (χ4v) is 4.58. The topological polar surface area (TPSA) is 83.0 Å². The van der Waals surface area contributed by atoms with E-state index in [1.807, 2.05) is 66.1 Å². The number of nitrogens with zero attached hydrogens (tertiary/aromatic N) is 3. The molecule has 0 aliphatic carbocycles. The van der Waals surface area contributed by atoms with Crippen molar-refractivity contribution in [3.63, 3.8) is 0 Å². The van der Waals surface area contributed by atoms with E-state index >= 15 is 0 Å². The Morgan fingerprint density at radius 3 is 2.74 bits per heavy atom. The Bertz CT molecular complexity index is 1290. The van der Waals surface area contributed by atoms with E-state index < -0.39 is 0 Å². The minimum Gasteiger partial charge on any atom is -0.324 e. The Kier molecular flexibility index (Phi) is 5.03. The van der Waals surface area contributed by atoms with Crippen LogP contribution in [0.3, 0.4) is 0 Å². The van der Waals surface area contributed by atoms with Crippen LogP contribution in [0.2, 0.25) is 0 Å². The molecule has 2 N–H and O–H groups in total. The van der Waals surface area contributed by atoms with Gasteiger partial charge in [0.05, 0.1) is 28.3 Å². The highest BCUT2D eigenvalue weighted by atomic mass is 16.2. The third-order valence-corrected chi connectivity index (χ3v) is 6.32. The first kappa shape index (κ1) is 19.5. The maximum Gasteiger partial charge on any atom is 0.326 e. The number of hydrogen-bond acceptors (Lipinski definition) is 4. The molecule has 158 valence electrons. The van der Waals surface area contributed by atoms with E-state index in [0.717, 1.165) is 53.6 Å². The van der Waals surface area contributed by atoms with Gasteiger partial charge in [0, 0.05) is 30.7 Å². The zero-order valence-electron chi connectivity index (χ0n) is 17.4. The standard InChI is InChI=1S/C24H25N5O2/c1-16(23(30)26-20-9-4-8-19-18(20)6-5-13-25-19)28-14-11-17(12-15-28)29-22-10-3-2-7-21(22)27-24(29)31/h2-10,13,16-17H,11-12,14-15H2,1H3,(H,26,30)(H,27,31). The van der Waals surface area contributed by atoms with Gasteiger partial charge in [-0.25, -0.2) is 4.79 Å². The summed E-state index contributed by atoms with van der Waals surface area (Å²) >= 11 is 0. The Morgan fingerprint density at radius 1 is 1.10 bits per heavy atom. The van der Waals surface area contributed by atoms with Gasteiger partial charge in [-0.05, 0) is 56.2 Å². The molecule has 7 nitrogen and oxygen atoms in total. The van der Waals surface area contributed by atoms with E-state index in [-0.39, 0.29) is 23.7 Å². The number of aromatic nitrogens is 3. The Hall–Kier alpha value is -3.45. The quantitative estimate of drug-likeness (QED) is 0.534. The molecule has 2 aromatic heterocycles. The molecular weight excluding hydrogens is 390 g/mol. The second kappa shape index (κ2) is 8.00. The fourth-order valence-electron chi connectivity index (χ4n) is 4.58. The zero-order valence-corrected chi connectivity index (χ0v) is 17.4. The number of H-pyrrole nitrogens is 1. The summed E-state index contributed by atoms with van der Waals surface area (Å²) in [7, 11) is 0. The third-order valence-electron chi connectivity index (χ3n) is 6.32. The normalized spacial score (nSPS) is 16.5. The van der Waals surface area contributed by atoms with Crippen LogP contribution in [0.25, 0.3) is 21.9 Å². The lowest BCUT2D eigenvalue weighted by molar-refractivity contribution is -0.121. The fraction of sp³-hybridized carbons (Fsp3) is 0.292. The highest BCUT2D eigenvalue weighted by molar-refractivity contribution is 6.02. The molecule has 1 amide bonds. The van der Waals surface area contributed by atoms with Gasteiger partial charge in [-0.15, -0.1) is 0 Å². The highest BCUT2D eigenvalue weighted by Gasteiger charge is 2.29. The molecular formula is C24H25N5O2. The van der Waals surface area contributed by atoms with Crippen molar-refractivity contribution in [2.75, 3.05) is 18.4 Å². The van der Waals surface area contributed by atoms with Crippen molar-refractivity contribution in [3.05, 3.63) is 71.3 Å². The Labute approximate surface area is 179 Å².